The molecule has 106 valence electrons. The molecule has 0 amide bonds. The van der Waals surface area contributed by atoms with Crippen LogP contribution in [0.5, 0.6) is 0 Å². The molecule has 0 bridgehead atoms. The first-order valence-corrected chi connectivity index (χ1v) is 7.23. The lowest BCUT2D eigenvalue weighted by molar-refractivity contribution is 0.0378. The van der Waals surface area contributed by atoms with Crippen molar-refractivity contribution in [2.45, 2.75) is 19.8 Å². The molecule has 1 N–H and O–H groups in total. The van der Waals surface area contributed by atoms with Crippen LogP contribution in [0.15, 0.2) is 6.07 Å². The van der Waals surface area contributed by atoms with E-state index in [1.54, 1.807) is 0 Å². The number of morpholine rings is 1. The van der Waals surface area contributed by atoms with Crippen molar-refractivity contribution in [1.82, 2.24) is 14.9 Å². The molecule has 0 atom stereocenters. The van der Waals surface area contributed by atoms with Crippen molar-refractivity contribution >= 4 is 17.4 Å². The molecule has 1 aromatic heterocycles. The van der Waals surface area contributed by atoms with Crippen LogP contribution >= 0.6 is 11.6 Å². The third kappa shape index (κ3) is 4.93. The van der Waals surface area contributed by atoms with Crippen LogP contribution in [0, 0.1) is 0 Å². The Hall–Kier alpha value is -0.910. The number of nitrogens with one attached hydrogen (secondary N) is 1. The molecule has 2 rings (SSSR count). The van der Waals surface area contributed by atoms with Gasteiger partial charge in [0.25, 0.3) is 0 Å². The molecule has 0 saturated carbocycles. The number of rotatable bonds is 6. The molecule has 1 saturated heterocycles. The van der Waals surface area contributed by atoms with Gasteiger partial charge >= 0.3 is 0 Å². The zero-order valence-corrected chi connectivity index (χ0v) is 12.1. The first-order chi connectivity index (χ1) is 9.28. The predicted molar refractivity (Wildman–Crippen MR) is 76.8 cm³/mol. The second-order valence-electron chi connectivity index (χ2n) is 4.60. The number of nitrogens with zero attached hydrogens (tertiary/aromatic N) is 3. The normalized spacial score (nSPS) is 16.5. The Bertz CT molecular complexity index is 396. The third-order valence-electron chi connectivity index (χ3n) is 3.18. The van der Waals surface area contributed by atoms with E-state index in [1.165, 1.54) is 0 Å². The fourth-order valence-corrected chi connectivity index (χ4v) is 2.28. The van der Waals surface area contributed by atoms with E-state index in [9.17, 15) is 0 Å². The highest BCUT2D eigenvalue weighted by Gasteiger charge is 2.09. The van der Waals surface area contributed by atoms with Crippen LogP contribution in [0.3, 0.4) is 0 Å². The first kappa shape index (κ1) is 14.5. The van der Waals surface area contributed by atoms with E-state index >= 15 is 0 Å². The highest BCUT2D eigenvalue weighted by atomic mass is 35.5. The Labute approximate surface area is 119 Å². The van der Waals surface area contributed by atoms with Crippen molar-refractivity contribution in [3.63, 3.8) is 0 Å². The molecule has 19 heavy (non-hydrogen) atoms. The fourth-order valence-electron chi connectivity index (χ4n) is 2.08. The van der Waals surface area contributed by atoms with Crippen LogP contribution in [0.2, 0.25) is 5.28 Å². The molecular weight excluding hydrogens is 264 g/mol. The summed E-state index contributed by atoms with van der Waals surface area (Å²) in [5.41, 5.74) is 0.968. The van der Waals surface area contributed by atoms with Gasteiger partial charge in [0.15, 0.2) is 0 Å². The van der Waals surface area contributed by atoms with Gasteiger partial charge in [-0.3, -0.25) is 4.90 Å². The second-order valence-corrected chi connectivity index (χ2v) is 4.94. The number of anilines is 1. The van der Waals surface area contributed by atoms with Crippen LogP contribution in [-0.4, -0.2) is 54.3 Å². The molecule has 0 aromatic carbocycles. The standard InChI is InChI=1S/C13H21ClN4O/c1-2-11-10-12(17-13(14)16-11)15-4-3-5-18-6-8-19-9-7-18/h10H,2-9H2,1H3,(H,15,16,17). The minimum absolute atomic E-state index is 0.315. The third-order valence-corrected chi connectivity index (χ3v) is 3.34. The average molecular weight is 285 g/mol. The average Bonchev–Trinajstić information content (AvgIpc) is 2.44. The van der Waals surface area contributed by atoms with E-state index < -0.39 is 0 Å². The van der Waals surface area contributed by atoms with Gasteiger partial charge in [-0.05, 0) is 31.0 Å². The maximum absolute atomic E-state index is 5.88. The van der Waals surface area contributed by atoms with Gasteiger partial charge in [0.2, 0.25) is 5.28 Å². The summed E-state index contributed by atoms with van der Waals surface area (Å²) in [6.45, 7) is 7.84. The molecule has 1 aromatic rings. The number of ether oxygens (including phenoxy) is 1. The maximum Gasteiger partial charge on any atom is 0.224 e. The van der Waals surface area contributed by atoms with Gasteiger partial charge in [-0.15, -0.1) is 0 Å². The molecule has 0 unspecified atom stereocenters. The van der Waals surface area contributed by atoms with Crippen molar-refractivity contribution < 1.29 is 4.74 Å². The van der Waals surface area contributed by atoms with Crippen LogP contribution < -0.4 is 5.32 Å². The highest BCUT2D eigenvalue weighted by Crippen LogP contribution is 2.11. The predicted octanol–water partition coefficient (Wildman–Crippen LogP) is 1.83. The zero-order chi connectivity index (χ0) is 13.5. The molecular formula is C13H21ClN4O. The van der Waals surface area contributed by atoms with Crippen molar-refractivity contribution in [2.75, 3.05) is 44.7 Å². The molecule has 5 nitrogen and oxygen atoms in total. The minimum Gasteiger partial charge on any atom is -0.379 e. The monoisotopic (exact) mass is 284 g/mol. The van der Waals surface area contributed by atoms with Crippen LogP contribution in [0.1, 0.15) is 19.0 Å². The number of aryl methyl sites for hydroxylation is 1. The lowest BCUT2D eigenvalue weighted by atomic mass is 10.3. The van der Waals surface area contributed by atoms with Crippen molar-refractivity contribution in [3.05, 3.63) is 17.0 Å². The fraction of sp³-hybridized carbons (Fsp3) is 0.692. The lowest BCUT2D eigenvalue weighted by Crippen LogP contribution is -2.37. The highest BCUT2D eigenvalue weighted by molar-refractivity contribution is 6.28. The van der Waals surface area contributed by atoms with Gasteiger partial charge in [0, 0.05) is 31.4 Å². The number of hydrogen-bond acceptors (Lipinski definition) is 5. The quantitative estimate of drug-likeness (QED) is 0.638. The lowest BCUT2D eigenvalue weighted by Gasteiger charge is -2.26. The van der Waals surface area contributed by atoms with E-state index in [0.29, 0.717) is 5.28 Å². The van der Waals surface area contributed by atoms with Crippen LogP contribution in [0.4, 0.5) is 5.82 Å². The summed E-state index contributed by atoms with van der Waals surface area (Å²) in [5, 5.41) is 3.62. The Morgan fingerprint density at radius 2 is 2.16 bits per heavy atom. The summed E-state index contributed by atoms with van der Waals surface area (Å²) in [5.74, 6) is 0.818. The molecule has 1 aliphatic rings. The van der Waals surface area contributed by atoms with Gasteiger partial charge in [0.05, 0.1) is 13.2 Å². The first-order valence-electron chi connectivity index (χ1n) is 6.85. The van der Waals surface area contributed by atoms with Gasteiger partial charge in [-0.1, -0.05) is 6.92 Å². The van der Waals surface area contributed by atoms with E-state index in [0.717, 1.165) is 63.7 Å². The number of hydrogen-bond donors (Lipinski definition) is 1. The number of aromatic nitrogens is 2. The molecule has 1 fully saturated rings. The summed E-state index contributed by atoms with van der Waals surface area (Å²) < 4.78 is 5.33. The van der Waals surface area contributed by atoms with Gasteiger partial charge in [-0.2, -0.15) is 0 Å². The molecule has 1 aliphatic heterocycles. The van der Waals surface area contributed by atoms with E-state index in [4.69, 9.17) is 16.3 Å². The Kier molecular flexibility index (Phi) is 5.82. The Morgan fingerprint density at radius 3 is 2.89 bits per heavy atom. The summed E-state index contributed by atoms with van der Waals surface area (Å²) in [4.78, 5) is 10.7. The minimum atomic E-state index is 0.315. The van der Waals surface area contributed by atoms with Crippen LogP contribution in [0.25, 0.3) is 0 Å². The van der Waals surface area contributed by atoms with Gasteiger partial charge in [0.1, 0.15) is 5.82 Å². The summed E-state index contributed by atoms with van der Waals surface area (Å²) in [7, 11) is 0. The molecule has 6 heteroatoms. The van der Waals surface area contributed by atoms with Crippen molar-refractivity contribution in [2.24, 2.45) is 0 Å². The number of halogens is 1. The SMILES string of the molecule is CCc1cc(NCCCN2CCOCC2)nc(Cl)n1. The van der Waals surface area contributed by atoms with Crippen molar-refractivity contribution in [1.29, 1.82) is 0 Å². The smallest absolute Gasteiger partial charge is 0.224 e. The van der Waals surface area contributed by atoms with E-state index in [-0.39, 0.29) is 0 Å². The maximum atomic E-state index is 5.88. The molecule has 0 aliphatic carbocycles. The van der Waals surface area contributed by atoms with E-state index in [2.05, 4.69) is 27.1 Å². The van der Waals surface area contributed by atoms with E-state index in [1.807, 2.05) is 6.07 Å². The van der Waals surface area contributed by atoms with Gasteiger partial charge < -0.3 is 10.1 Å². The van der Waals surface area contributed by atoms with Crippen molar-refractivity contribution in [3.8, 4) is 0 Å². The molecule has 2 heterocycles. The Morgan fingerprint density at radius 1 is 1.37 bits per heavy atom. The zero-order valence-electron chi connectivity index (χ0n) is 11.4. The second kappa shape index (κ2) is 7.62. The summed E-state index contributed by atoms with van der Waals surface area (Å²) >= 11 is 5.88. The summed E-state index contributed by atoms with van der Waals surface area (Å²) in [6, 6.07) is 1.96. The topological polar surface area (TPSA) is 50.3 Å². The molecule has 0 spiro atoms. The molecule has 0 radical (unpaired) electrons. The van der Waals surface area contributed by atoms with Crippen LogP contribution in [-0.2, 0) is 11.2 Å². The summed E-state index contributed by atoms with van der Waals surface area (Å²) in [6.07, 6.45) is 1.95. The Balaban J connectivity index is 1.71. The van der Waals surface area contributed by atoms with Gasteiger partial charge in [-0.25, -0.2) is 9.97 Å². The largest absolute Gasteiger partial charge is 0.379 e.